The molecule has 3 aromatic heterocycles. The number of hydrogen-bond acceptors (Lipinski definition) is 7. The second-order valence-electron chi connectivity index (χ2n) is 5.34. The van der Waals surface area contributed by atoms with E-state index in [1.807, 2.05) is 24.3 Å². The number of fused-ring (bicyclic) bond motifs is 1. The van der Waals surface area contributed by atoms with E-state index in [0.717, 1.165) is 15.2 Å². The van der Waals surface area contributed by atoms with Gasteiger partial charge in [-0.25, -0.2) is 4.98 Å². The van der Waals surface area contributed by atoms with E-state index in [9.17, 15) is 4.79 Å². The van der Waals surface area contributed by atoms with Crippen LogP contribution >= 0.6 is 11.3 Å². The fraction of sp³-hybridized carbons (Fsp3) is 0.176. The van der Waals surface area contributed by atoms with Gasteiger partial charge in [-0.05, 0) is 24.3 Å². The molecule has 0 aliphatic heterocycles. The van der Waals surface area contributed by atoms with Crippen molar-refractivity contribution in [1.82, 2.24) is 20.4 Å². The van der Waals surface area contributed by atoms with Crippen LogP contribution in [0.2, 0.25) is 0 Å². The van der Waals surface area contributed by atoms with Crippen molar-refractivity contribution in [3.8, 4) is 11.6 Å². The predicted molar refractivity (Wildman–Crippen MR) is 91.8 cm³/mol. The summed E-state index contributed by atoms with van der Waals surface area (Å²) in [6.07, 6.45) is 2.19. The summed E-state index contributed by atoms with van der Waals surface area (Å²) in [5, 5.41) is 7.58. The topological polar surface area (TPSA) is 94.0 Å². The normalized spacial score (nSPS) is 11.0. The minimum absolute atomic E-state index is 0.0861. The summed E-state index contributed by atoms with van der Waals surface area (Å²) in [5.41, 5.74) is 0.952. The largest absolute Gasteiger partial charge is 0.461 e. The van der Waals surface area contributed by atoms with Gasteiger partial charge in [0.15, 0.2) is 5.76 Å². The van der Waals surface area contributed by atoms with Crippen molar-refractivity contribution in [2.45, 2.75) is 19.4 Å². The predicted octanol–water partition coefficient (Wildman–Crippen LogP) is 3.19. The Bertz CT molecular complexity index is 957. The number of aryl methyl sites for hydroxylation is 1. The Labute approximate surface area is 146 Å². The summed E-state index contributed by atoms with van der Waals surface area (Å²) >= 11 is 1.58. The number of para-hydroxylation sites is 1. The third-order valence-corrected chi connectivity index (χ3v) is 4.59. The third kappa shape index (κ3) is 3.58. The van der Waals surface area contributed by atoms with E-state index in [2.05, 4.69) is 20.4 Å². The molecule has 126 valence electrons. The molecule has 1 N–H and O–H groups in total. The standard InChI is InChI=1S/C17H14N4O3S/c22-14(18-10-16-19-11-4-1-2-6-13(11)25-16)7-8-15-20-17(21-24-15)12-5-3-9-23-12/h1-6,9H,7-8,10H2,(H,18,22). The molecule has 0 aliphatic rings. The molecule has 0 unspecified atom stereocenters. The second kappa shape index (κ2) is 6.86. The van der Waals surface area contributed by atoms with Gasteiger partial charge in [-0.2, -0.15) is 4.98 Å². The van der Waals surface area contributed by atoms with Crippen LogP contribution in [-0.2, 0) is 17.8 Å². The summed E-state index contributed by atoms with van der Waals surface area (Å²) in [7, 11) is 0. The van der Waals surface area contributed by atoms with Crippen LogP contribution in [-0.4, -0.2) is 21.0 Å². The molecule has 0 saturated heterocycles. The molecule has 8 heteroatoms. The first-order valence-electron chi connectivity index (χ1n) is 7.75. The average Bonchev–Trinajstić information content (AvgIpc) is 3.37. The number of aromatic nitrogens is 3. The van der Waals surface area contributed by atoms with Crippen molar-refractivity contribution < 1.29 is 13.7 Å². The van der Waals surface area contributed by atoms with Crippen LogP contribution in [0.15, 0.2) is 51.6 Å². The van der Waals surface area contributed by atoms with Crippen LogP contribution in [0.3, 0.4) is 0 Å². The molecular weight excluding hydrogens is 340 g/mol. The highest BCUT2D eigenvalue weighted by atomic mass is 32.1. The lowest BCUT2D eigenvalue weighted by molar-refractivity contribution is -0.121. The Hall–Kier alpha value is -3.00. The number of carbonyl (C=O) groups excluding carboxylic acids is 1. The van der Waals surface area contributed by atoms with Crippen molar-refractivity contribution in [3.63, 3.8) is 0 Å². The smallest absolute Gasteiger partial charge is 0.238 e. The van der Waals surface area contributed by atoms with Gasteiger partial charge in [-0.15, -0.1) is 11.3 Å². The van der Waals surface area contributed by atoms with Crippen molar-refractivity contribution in [1.29, 1.82) is 0 Å². The van der Waals surface area contributed by atoms with Crippen molar-refractivity contribution in [2.24, 2.45) is 0 Å². The van der Waals surface area contributed by atoms with Crippen LogP contribution in [0.1, 0.15) is 17.3 Å². The fourth-order valence-electron chi connectivity index (χ4n) is 2.34. The number of carbonyl (C=O) groups is 1. The van der Waals surface area contributed by atoms with Crippen molar-refractivity contribution in [3.05, 3.63) is 53.6 Å². The molecule has 0 spiro atoms. The summed E-state index contributed by atoms with van der Waals surface area (Å²) in [6.45, 7) is 0.416. The van der Waals surface area contributed by atoms with Crippen LogP contribution in [0.4, 0.5) is 0 Å². The molecule has 0 aliphatic carbocycles. The first-order valence-corrected chi connectivity index (χ1v) is 8.57. The van der Waals surface area contributed by atoms with Gasteiger partial charge in [0.25, 0.3) is 0 Å². The lowest BCUT2D eigenvalue weighted by Gasteiger charge is -2.00. The van der Waals surface area contributed by atoms with Gasteiger partial charge >= 0.3 is 0 Å². The minimum Gasteiger partial charge on any atom is -0.461 e. The molecule has 1 amide bonds. The lowest BCUT2D eigenvalue weighted by Crippen LogP contribution is -2.22. The number of amides is 1. The maximum atomic E-state index is 12.0. The van der Waals surface area contributed by atoms with Gasteiger partial charge in [0.2, 0.25) is 17.6 Å². The van der Waals surface area contributed by atoms with Crippen LogP contribution in [0.5, 0.6) is 0 Å². The molecule has 0 bridgehead atoms. The van der Waals surface area contributed by atoms with E-state index in [4.69, 9.17) is 8.94 Å². The second-order valence-corrected chi connectivity index (χ2v) is 6.46. The number of nitrogens with one attached hydrogen (secondary N) is 1. The van der Waals surface area contributed by atoms with Crippen LogP contribution < -0.4 is 5.32 Å². The van der Waals surface area contributed by atoms with Gasteiger partial charge < -0.3 is 14.3 Å². The van der Waals surface area contributed by atoms with E-state index in [0.29, 0.717) is 30.4 Å². The Morgan fingerprint density at radius 1 is 1.16 bits per heavy atom. The molecule has 1 aromatic carbocycles. The van der Waals surface area contributed by atoms with E-state index < -0.39 is 0 Å². The zero-order chi connectivity index (χ0) is 17.1. The Morgan fingerprint density at radius 3 is 2.92 bits per heavy atom. The third-order valence-electron chi connectivity index (χ3n) is 3.55. The quantitative estimate of drug-likeness (QED) is 0.571. The molecule has 3 heterocycles. The summed E-state index contributed by atoms with van der Waals surface area (Å²) in [6, 6.07) is 11.4. The molecular formula is C17H14N4O3S. The summed E-state index contributed by atoms with van der Waals surface area (Å²) in [5.74, 6) is 1.24. The van der Waals surface area contributed by atoms with Crippen LogP contribution in [0.25, 0.3) is 21.8 Å². The molecule has 0 radical (unpaired) electrons. The molecule has 4 rings (SSSR count). The minimum atomic E-state index is -0.0861. The Morgan fingerprint density at radius 2 is 2.08 bits per heavy atom. The number of benzene rings is 1. The van der Waals surface area contributed by atoms with Gasteiger partial charge in [0.1, 0.15) is 5.01 Å². The van der Waals surface area contributed by atoms with E-state index in [-0.39, 0.29) is 12.3 Å². The molecule has 0 atom stereocenters. The summed E-state index contributed by atoms with van der Waals surface area (Å²) in [4.78, 5) is 20.7. The van der Waals surface area contributed by atoms with Gasteiger partial charge in [-0.1, -0.05) is 17.3 Å². The number of furan rings is 1. The first-order chi connectivity index (χ1) is 12.3. The highest BCUT2D eigenvalue weighted by Crippen LogP contribution is 2.21. The van der Waals surface area contributed by atoms with E-state index >= 15 is 0 Å². The highest BCUT2D eigenvalue weighted by molar-refractivity contribution is 7.18. The Kier molecular flexibility index (Phi) is 4.26. The SMILES string of the molecule is O=C(CCc1nc(-c2ccco2)no1)NCc1nc2ccccc2s1. The molecule has 4 aromatic rings. The van der Waals surface area contributed by atoms with E-state index in [1.54, 1.807) is 29.7 Å². The van der Waals surface area contributed by atoms with Gasteiger partial charge in [0, 0.05) is 12.8 Å². The van der Waals surface area contributed by atoms with Crippen molar-refractivity contribution in [2.75, 3.05) is 0 Å². The average molecular weight is 354 g/mol. The zero-order valence-electron chi connectivity index (χ0n) is 13.1. The molecule has 25 heavy (non-hydrogen) atoms. The maximum Gasteiger partial charge on any atom is 0.238 e. The zero-order valence-corrected chi connectivity index (χ0v) is 14.0. The van der Waals surface area contributed by atoms with Crippen LogP contribution in [0, 0.1) is 0 Å². The fourth-order valence-corrected chi connectivity index (χ4v) is 3.25. The van der Waals surface area contributed by atoms with E-state index in [1.165, 1.54) is 0 Å². The Balaban J connectivity index is 1.29. The number of hydrogen-bond donors (Lipinski definition) is 1. The number of thiazole rings is 1. The maximum absolute atomic E-state index is 12.0. The first kappa shape index (κ1) is 15.5. The number of rotatable bonds is 6. The highest BCUT2D eigenvalue weighted by Gasteiger charge is 2.12. The molecule has 0 fully saturated rings. The number of nitrogens with zero attached hydrogens (tertiary/aromatic N) is 3. The lowest BCUT2D eigenvalue weighted by atomic mass is 10.3. The molecule has 7 nitrogen and oxygen atoms in total. The van der Waals surface area contributed by atoms with Gasteiger partial charge in [-0.3, -0.25) is 4.79 Å². The molecule has 0 saturated carbocycles. The van der Waals surface area contributed by atoms with Crippen molar-refractivity contribution >= 4 is 27.5 Å². The van der Waals surface area contributed by atoms with Gasteiger partial charge in [0.05, 0.1) is 23.0 Å². The summed E-state index contributed by atoms with van der Waals surface area (Å²) < 4.78 is 11.4. The monoisotopic (exact) mass is 354 g/mol.